The first-order valence-electron chi connectivity index (χ1n) is 7.33. The number of hydrogen-bond acceptors (Lipinski definition) is 3. The van der Waals surface area contributed by atoms with Crippen molar-refractivity contribution in [2.75, 3.05) is 11.9 Å². The van der Waals surface area contributed by atoms with Crippen molar-refractivity contribution in [1.29, 1.82) is 0 Å². The number of carbonyl (C=O) groups is 1. The Kier molecular flexibility index (Phi) is 4.53. The topological polar surface area (TPSA) is 58.1 Å². The maximum Gasteiger partial charge on any atom is 0.322 e. The van der Waals surface area contributed by atoms with E-state index >= 15 is 0 Å². The molecule has 22 heavy (non-hydrogen) atoms. The summed E-state index contributed by atoms with van der Waals surface area (Å²) < 4.78 is 0. The van der Waals surface area contributed by atoms with Crippen LogP contribution in [0.1, 0.15) is 30.9 Å². The molecule has 0 aromatic carbocycles. The number of amides is 2. The van der Waals surface area contributed by atoms with Crippen molar-refractivity contribution in [3.63, 3.8) is 0 Å². The molecule has 0 unspecified atom stereocenters. The van der Waals surface area contributed by atoms with Gasteiger partial charge in [0.25, 0.3) is 0 Å². The highest BCUT2D eigenvalue weighted by Gasteiger charge is 2.28. The lowest BCUT2D eigenvalue weighted by molar-refractivity contribution is 0.163. The number of likely N-dealkylation sites (tertiary alicyclic amines) is 1. The Balaban J connectivity index is 1.75. The van der Waals surface area contributed by atoms with Gasteiger partial charge in [-0.05, 0) is 43.0 Å². The number of carbonyl (C=O) groups excluding carboxylic acids is 1. The number of urea groups is 1. The predicted molar refractivity (Wildman–Crippen MR) is 85.8 cm³/mol. The van der Waals surface area contributed by atoms with Crippen LogP contribution in [0, 0.1) is 0 Å². The quantitative estimate of drug-likeness (QED) is 0.855. The van der Waals surface area contributed by atoms with Gasteiger partial charge in [0.05, 0.1) is 17.9 Å². The monoisotopic (exact) mass is 316 g/mol. The Morgan fingerprint density at radius 2 is 2.18 bits per heavy atom. The Morgan fingerprint density at radius 1 is 1.27 bits per heavy atom. The van der Waals surface area contributed by atoms with E-state index < -0.39 is 0 Å². The zero-order chi connectivity index (χ0) is 15.4. The number of pyridine rings is 2. The van der Waals surface area contributed by atoms with E-state index in [1.54, 1.807) is 24.5 Å². The third-order valence-electron chi connectivity index (χ3n) is 3.81. The molecule has 3 heterocycles. The Bertz CT molecular complexity index is 632. The molecule has 0 bridgehead atoms. The van der Waals surface area contributed by atoms with Crippen molar-refractivity contribution >= 4 is 23.3 Å². The van der Waals surface area contributed by atoms with Crippen molar-refractivity contribution < 1.29 is 4.79 Å². The second-order valence-electron chi connectivity index (χ2n) is 5.29. The zero-order valence-corrected chi connectivity index (χ0v) is 12.8. The summed E-state index contributed by atoms with van der Waals surface area (Å²) in [5.74, 6) is 0. The van der Waals surface area contributed by atoms with E-state index in [2.05, 4.69) is 15.3 Å². The van der Waals surface area contributed by atoms with Crippen molar-refractivity contribution in [3.8, 4) is 0 Å². The highest BCUT2D eigenvalue weighted by Crippen LogP contribution is 2.30. The van der Waals surface area contributed by atoms with Crippen molar-refractivity contribution in [1.82, 2.24) is 14.9 Å². The molecule has 0 saturated carbocycles. The summed E-state index contributed by atoms with van der Waals surface area (Å²) in [6.07, 6.45) is 8.23. The van der Waals surface area contributed by atoms with Crippen LogP contribution in [0.2, 0.25) is 5.15 Å². The summed E-state index contributed by atoms with van der Waals surface area (Å²) in [6, 6.07) is 7.29. The number of nitrogens with one attached hydrogen (secondary N) is 1. The number of piperidine rings is 1. The fourth-order valence-electron chi connectivity index (χ4n) is 2.74. The number of halogens is 1. The smallest absolute Gasteiger partial charge is 0.317 e. The number of rotatable bonds is 2. The van der Waals surface area contributed by atoms with E-state index in [4.69, 9.17) is 11.6 Å². The van der Waals surface area contributed by atoms with Crippen LogP contribution in [0.25, 0.3) is 0 Å². The molecule has 0 spiro atoms. The van der Waals surface area contributed by atoms with Gasteiger partial charge in [0.2, 0.25) is 0 Å². The van der Waals surface area contributed by atoms with Crippen LogP contribution in [0.4, 0.5) is 10.5 Å². The highest BCUT2D eigenvalue weighted by molar-refractivity contribution is 6.29. The second-order valence-corrected chi connectivity index (χ2v) is 5.68. The summed E-state index contributed by atoms with van der Waals surface area (Å²) in [6.45, 7) is 0.742. The van der Waals surface area contributed by atoms with Gasteiger partial charge >= 0.3 is 6.03 Å². The van der Waals surface area contributed by atoms with Gasteiger partial charge in [0.1, 0.15) is 5.15 Å². The predicted octanol–water partition coefficient (Wildman–Crippen LogP) is 3.89. The number of aromatic nitrogens is 2. The second kappa shape index (κ2) is 6.75. The molecule has 1 aliphatic heterocycles. The molecule has 1 fully saturated rings. The molecule has 2 aromatic rings. The van der Waals surface area contributed by atoms with Gasteiger partial charge in [-0.25, -0.2) is 9.78 Å². The van der Waals surface area contributed by atoms with Gasteiger partial charge in [-0.2, -0.15) is 0 Å². The number of nitrogens with zero attached hydrogens (tertiary/aromatic N) is 3. The van der Waals surface area contributed by atoms with Crippen LogP contribution in [0.3, 0.4) is 0 Å². The first-order chi connectivity index (χ1) is 10.7. The molecular formula is C16H17ClN4O. The molecule has 3 rings (SSSR count). The van der Waals surface area contributed by atoms with Crippen LogP contribution in [0.5, 0.6) is 0 Å². The van der Waals surface area contributed by atoms with E-state index in [1.807, 2.05) is 23.2 Å². The molecular weight excluding hydrogens is 300 g/mol. The van der Waals surface area contributed by atoms with Crippen LogP contribution >= 0.6 is 11.6 Å². The fourth-order valence-corrected chi connectivity index (χ4v) is 2.85. The highest BCUT2D eigenvalue weighted by atomic mass is 35.5. The minimum atomic E-state index is -0.113. The van der Waals surface area contributed by atoms with Crippen LogP contribution in [-0.4, -0.2) is 27.4 Å². The third kappa shape index (κ3) is 3.36. The zero-order valence-electron chi connectivity index (χ0n) is 12.1. The Morgan fingerprint density at radius 3 is 2.91 bits per heavy atom. The summed E-state index contributed by atoms with van der Waals surface area (Å²) in [7, 11) is 0. The van der Waals surface area contributed by atoms with Gasteiger partial charge in [0, 0.05) is 18.9 Å². The molecule has 1 N–H and O–H groups in total. The largest absolute Gasteiger partial charge is 0.322 e. The third-order valence-corrected chi connectivity index (χ3v) is 4.04. The van der Waals surface area contributed by atoms with Gasteiger partial charge in [-0.3, -0.25) is 4.98 Å². The van der Waals surface area contributed by atoms with Gasteiger partial charge in [-0.15, -0.1) is 0 Å². The molecule has 2 amide bonds. The molecule has 0 aliphatic carbocycles. The average molecular weight is 317 g/mol. The Hall–Kier alpha value is -2.14. The van der Waals surface area contributed by atoms with Crippen LogP contribution in [0.15, 0.2) is 42.9 Å². The number of hydrogen-bond donors (Lipinski definition) is 1. The minimum Gasteiger partial charge on any atom is -0.317 e. The fraction of sp³-hybridized carbons (Fsp3) is 0.312. The van der Waals surface area contributed by atoms with E-state index in [0.717, 1.165) is 31.4 Å². The lowest BCUT2D eigenvalue weighted by Gasteiger charge is -2.35. The van der Waals surface area contributed by atoms with E-state index in [9.17, 15) is 4.79 Å². The minimum absolute atomic E-state index is 0.0720. The first-order valence-corrected chi connectivity index (χ1v) is 7.71. The molecule has 5 nitrogen and oxygen atoms in total. The van der Waals surface area contributed by atoms with Crippen molar-refractivity contribution in [3.05, 3.63) is 53.6 Å². The maximum absolute atomic E-state index is 12.6. The van der Waals surface area contributed by atoms with Crippen molar-refractivity contribution in [2.45, 2.75) is 25.3 Å². The van der Waals surface area contributed by atoms with Gasteiger partial charge in [0.15, 0.2) is 0 Å². The maximum atomic E-state index is 12.6. The standard InChI is InChI=1S/C16H17ClN4O/c17-15-7-6-13(11-19-15)20-16(22)21-9-2-1-5-14(21)12-4-3-8-18-10-12/h3-4,6-8,10-11,14H,1-2,5,9H2,(H,20,22)/t14-/m1/s1. The molecule has 1 saturated heterocycles. The van der Waals surface area contributed by atoms with E-state index in [1.165, 1.54) is 0 Å². The van der Waals surface area contributed by atoms with Gasteiger partial charge in [-0.1, -0.05) is 17.7 Å². The van der Waals surface area contributed by atoms with Crippen LogP contribution < -0.4 is 5.32 Å². The van der Waals surface area contributed by atoms with Gasteiger partial charge < -0.3 is 10.2 Å². The summed E-state index contributed by atoms with van der Waals surface area (Å²) >= 11 is 5.76. The normalized spacial score (nSPS) is 18.0. The Labute approximate surface area is 134 Å². The molecule has 1 atom stereocenters. The lowest BCUT2D eigenvalue weighted by Crippen LogP contribution is -2.41. The molecule has 2 aromatic heterocycles. The molecule has 1 aliphatic rings. The van der Waals surface area contributed by atoms with Crippen LogP contribution in [-0.2, 0) is 0 Å². The molecule has 114 valence electrons. The number of anilines is 1. The van der Waals surface area contributed by atoms with Crippen molar-refractivity contribution in [2.24, 2.45) is 0 Å². The SMILES string of the molecule is O=C(Nc1ccc(Cl)nc1)N1CCCC[C@@H]1c1cccnc1. The summed E-state index contributed by atoms with van der Waals surface area (Å²) in [4.78, 5) is 22.6. The summed E-state index contributed by atoms with van der Waals surface area (Å²) in [5.41, 5.74) is 1.72. The lowest BCUT2D eigenvalue weighted by atomic mass is 9.97. The average Bonchev–Trinajstić information content (AvgIpc) is 2.58. The molecule has 6 heteroatoms. The molecule has 0 radical (unpaired) electrons. The van der Waals surface area contributed by atoms with E-state index in [0.29, 0.717) is 10.8 Å². The summed E-state index contributed by atoms with van der Waals surface area (Å²) in [5, 5.41) is 3.29. The first kappa shape index (κ1) is 14.8. The van der Waals surface area contributed by atoms with E-state index in [-0.39, 0.29) is 12.1 Å².